The number of hydrogen-bond donors (Lipinski definition) is 1. The lowest BCUT2D eigenvalue weighted by Gasteiger charge is -2.07. The van der Waals surface area contributed by atoms with Crippen LogP contribution in [0.3, 0.4) is 0 Å². The molecule has 0 amide bonds. The molecule has 0 aliphatic heterocycles. The van der Waals surface area contributed by atoms with Gasteiger partial charge in [0.05, 0.1) is 0 Å². The third-order valence-electron chi connectivity index (χ3n) is 2.37. The molecule has 1 nitrogen and oxygen atoms in total. The number of hydrogen-bond acceptors (Lipinski definition) is 1. The molecule has 0 aromatic heterocycles. The van der Waals surface area contributed by atoms with E-state index < -0.39 is 0 Å². The van der Waals surface area contributed by atoms with Gasteiger partial charge in [-0.2, -0.15) is 0 Å². The fraction of sp³-hybridized carbons (Fsp3) is 0.0769. The van der Waals surface area contributed by atoms with Crippen LogP contribution in [-0.2, 0) is 6.04 Å². The SMILES string of the molecule is O[Si]Cc1ccccc1-c1ccccc1. The summed E-state index contributed by atoms with van der Waals surface area (Å²) in [7, 11) is -0.0235. The molecule has 0 saturated carbocycles. The van der Waals surface area contributed by atoms with Crippen molar-refractivity contribution in [3.8, 4) is 11.1 Å². The molecule has 0 atom stereocenters. The lowest BCUT2D eigenvalue weighted by molar-refractivity contribution is 0.600. The number of benzene rings is 2. The first-order valence-electron chi connectivity index (χ1n) is 4.92. The second kappa shape index (κ2) is 4.91. The highest BCUT2D eigenvalue weighted by Gasteiger charge is 2.03. The molecule has 1 N–H and O–H groups in total. The Balaban J connectivity index is 2.43. The second-order valence-electron chi connectivity index (χ2n) is 3.36. The highest BCUT2D eigenvalue weighted by Crippen LogP contribution is 2.23. The van der Waals surface area contributed by atoms with E-state index in [1.807, 2.05) is 30.3 Å². The monoisotopic (exact) mass is 212 g/mol. The predicted octanol–water partition coefficient (Wildman–Crippen LogP) is 2.47. The Morgan fingerprint density at radius 3 is 2.27 bits per heavy atom. The van der Waals surface area contributed by atoms with Crippen molar-refractivity contribution in [3.63, 3.8) is 0 Å². The summed E-state index contributed by atoms with van der Waals surface area (Å²) in [6.45, 7) is 0. The van der Waals surface area contributed by atoms with Gasteiger partial charge in [-0.05, 0) is 22.7 Å². The predicted molar refractivity (Wildman–Crippen MR) is 63.6 cm³/mol. The van der Waals surface area contributed by atoms with Crippen molar-refractivity contribution in [1.82, 2.24) is 0 Å². The molecule has 2 rings (SSSR count). The Morgan fingerprint density at radius 1 is 0.867 bits per heavy atom. The zero-order chi connectivity index (χ0) is 10.5. The molecule has 74 valence electrons. The van der Waals surface area contributed by atoms with Crippen LogP contribution in [0.25, 0.3) is 11.1 Å². The molecule has 0 bridgehead atoms. The van der Waals surface area contributed by atoms with Crippen molar-refractivity contribution < 1.29 is 4.80 Å². The van der Waals surface area contributed by atoms with Crippen LogP contribution < -0.4 is 0 Å². The molecule has 0 aliphatic rings. The summed E-state index contributed by atoms with van der Waals surface area (Å²) < 4.78 is 0. The minimum atomic E-state index is -0.0235. The first-order chi connectivity index (χ1) is 7.42. The molecule has 2 heteroatoms. The molecular formula is C13H12OSi. The van der Waals surface area contributed by atoms with Crippen molar-refractivity contribution in [2.24, 2.45) is 0 Å². The van der Waals surface area contributed by atoms with E-state index in [9.17, 15) is 0 Å². The minimum Gasteiger partial charge on any atom is -0.431 e. The lowest BCUT2D eigenvalue weighted by atomic mass is 10.0. The topological polar surface area (TPSA) is 20.2 Å². The van der Waals surface area contributed by atoms with Crippen molar-refractivity contribution >= 4 is 9.76 Å². The maximum Gasteiger partial charge on any atom is 0.229 e. The van der Waals surface area contributed by atoms with E-state index in [4.69, 9.17) is 4.80 Å². The maximum atomic E-state index is 9.02. The Bertz CT molecular complexity index is 426. The van der Waals surface area contributed by atoms with Gasteiger partial charge in [0, 0.05) is 0 Å². The quantitative estimate of drug-likeness (QED) is 0.775. The van der Waals surface area contributed by atoms with E-state index in [1.165, 1.54) is 16.7 Å². The van der Waals surface area contributed by atoms with Gasteiger partial charge in [0.15, 0.2) is 0 Å². The van der Waals surface area contributed by atoms with Crippen LogP contribution in [0.2, 0.25) is 0 Å². The van der Waals surface area contributed by atoms with Crippen LogP contribution in [-0.4, -0.2) is 14.6 Å². The summed E-state index contributed by atoms with van der Waals surface area (Å²) in [6.07, 6.45) is 0. The molecule has 2 aromatic rings. The fourth-order valence-electron chi connectivity index (χ4n) is 1.66. The van der Waals surface area contributed by atoms with Crippen LogP contribution in [0.1, 0.15) is 5.56 Å². The Labute approximate surface area is 92.3 Å². The first-order valence-corrected chi connectivity index (χ1v) is 6.07. The van der Waals surface area contributed by atoms with E-state index in [1.54, 1.807) is 0 Å². The molecule has 2 aromatic carbocycles. The lowest BCUT2D eigenvalue weighted by Crippen LogP contribution is -1.97. The summed E-state index contributed by atoms with van der Waals surface area (Å²) >= 11 is 0. The smallest absolute Gasteiger partial charge is 0.229 e. The molecule has 15 heavy (non-hydrogen) atoms. The summed E-state index contributed by atoms with van der Waals surface area (Å²) in [5.41, 5.74) is 3.65. The van der Waals surface area contributed by atoms with Gasteiger partial charge in [-0.15, -0.1) is 0 Å². The summed E-state index contributed by atoms with van der Waals surface area (Å²) in [6, 6.07) is 19.2. The van der Waals surface area contributed by atoms with Crippen LogP contribution in [0.15, 0.2) is 54.6 Å². The zero-order valence-corrected chi connectivity index (χ0v) is 9.35. The van der Waals surface area contributed by atoms with Crippen LogP contribution in [0.4, 0.5) is 0 Å². The van der Waals surface area contributed by atoms with Gasteiger partial charge < -0.3 is 4.80 Å². The minimum absolute atomic E-state index is 0.0235. The van der Waals surface area contributed by atoms with E-state index in [2.05, 4.69) is 24.3 Å². The van der Waals surface area contributed by atoms with Gasteiger partial charge in [-0.1, -0.05) is 54.6 Å². The van der Waals surface area contributed by atoms with Crippen molar-refractivity contribution in [1.29, 1.82) is 0 Å². The highest BCUT2D eigenvalue weighted by molar-refractivity contribution is 6.25. The van der Waals surface area contributed by atoms with E-state index >= 15 is 0 Å². The van der Waals surface area contributed by atoms with Crippen LogP contribution in [0.5, 0.6) is 0 Å². The molecule has 0 aliphatic carbocycles. The Morgan fingerprint density at radius 2 is 1.53 bits per heavy atom. The molecule has 2 radical (unpaired) electrons. The third kappa shape index (κ3) is 2.35. The van der Waals surface area contributed by atoms with Crippen molar-refractivity contribution in [2.75, 3.05) is 0 Å². The summed E-state index contributed by atoms with van der Waals surface area (Å²) in [5, 5.41) is 0. The van der Waals surface area contributed by atoms with Crippen molar-refractivity contribution in [2.45, 2.75) is 6.04 Å². The summed E-state index contributed by atoms with van der Waals surface area (Å²) in [5.74, 6) is 0. The van der Waals surface area contributed by atoms with Gasteiger partial charge in [0.25, 0.3) is 0 Å². The van der Waals surface area contributed by atoms with Crippen LogP contribution >= 0.6 is 0 Å². The normalized spacial score (nSPS) is 10.2. The molecule has 0 unspecified atom stereocenters. The zero-order valence-electron chi connectivity index (χ0n) is 8.35. The molecule has 0 heterocycles. The molecular weight excluding hydrogens is 200 g/mol. The van der Waals surface area contributed by atoms with Gasteiger partial charge >= 0.3 is 0 Å². The highest BCUT2D eigenvalue weighted by atomic mass is 28.2. The maximum absolute atomic E-state index is 9.02. The van der Waals surface area contributed by atoms with Gasteiger partial charge in [0.1, 0.15) is 0 Å². The van der Waals surface area contributed by atoms with E-state index in [0.717, 1.165) is 6.04 Å². The molecule has 0 spiro atoms. The molecule has 0 saturated heterocycles. The van der Waals surface area contributed by atoms with E-state index in [0.29, 0.717) is 0 Å². The average molecular weight is 212 g/mol. The second-order valence-corrected chi connectivity index (χ2v) is 4.03. The summed E-state index contributed by atoms with van der Waals surface area (Å²) in [4.78, 5) is 9.02. The number of rotatable bonds is 3. The first kappa shape index (κ1) is 10.1. The molecule has 0 fully saturated rings. The van der Waals surface area contributed by atoms with Gasteiger partial charge in [-0.3, -0.25) is 0 Å². The fourth-order valence-corrected chi connectivity index (χ4v) is 2.14. The van der Waals surface area contributed by atoms with Gasteiger partial charge in [0.2, 0.25) is 9.76 Å². The van der Waals surface area contributed by atoms with Crippen molar-refractivity contribution in [3.05, 3.63) is 60.2 Å². The average Bonchev–Trinajstić information content (AvgIpc) is 2.31. The van der Waals surface area contributed by atoms with E-state index in [-0.39, 0.29) is 9.76 Å². The van der Waals surface area contributed by atoms with Gasteiger partial charge in [-0.25, -0.2) is 0 Å². The largest absolute Gasteiger partial charge is 0.431 e. The standard InChI is InChI=1S/C13H12OSi/c14-15-10-12-8-4-5-9-13(12)11-6-2-1-3-7-11/h1-9,14H,10H2. The third-order valence-corrected chi connectivity index (χ3v) is 2.91. The Kier molecular flexibility index (Phi) is 3.32. The van der Waals surface area contributed by atoms with Crippen LogP contribution in [0, 0.1) is 0 Å². The Hall–Kier alpha value is -1.38.